The molecule has 7 heteroatoms. The first-order valence-corrected chi connectivity index (χ1v) is 4.46. The van der Waals surface area contributed by atoms with Crippen molar-refractivity contribution >= 4 is 17.6 Å². The molecule has 0 radical (unpaired) electrons. The molecule has 0 bridgehead atoms. The molecule has 0 aliphatic heterocycles. The van der Waals surface area contributed by atoms with E-state index in [4.69, 9.17) is 11.5 Å². The van der Waals surface area contributed by atoms with Crippen LogP contribution in [0.2, 0.25) is 0 Å². The van der Waals surface area contributed by atoms with Crippen molar-refractivity contribution in [3.63, 3.8) is 0 Å². The molecule has 16 heavy (non-hydrogen) atoms. The minimum absolute atomic E-state index is 0.299. The predicted molar refractivity (Wildman–Crippen MR) is 57.6 cm³/mol. The third-order valence-corrected chi connectivity index (χ3v) is 1.95. The van der Waals surface area contributed by atoms with Crippen molar-refractivity contribution in [3.8, 4) is 0 Å². The number of nitrogens with one attached hydrogen (secondary N) is 1. The van der Waals surface area contributed by atoms with E-state index in [0.29, 0.717) is 11.3 Å². The van der Waals surface area contributed by atoms with E-state index in [0.717, 1.165) is 4.57 Å². The Morgan fingerprint density at radius 3 is 2.69 bits per heavy atom. The van der Waals surface area contributed by atoms with Gasteiger partial charge in [-0.25, -0.2) is 4.79 Å². The molecule has 0 saturated heterocycles. The summed E-state index contributed by atoms with van der Waals surface area (Å²) < 4.78 is 1.10. The summed E-state index contributed by atoms with van der Waals surface area (Å²) in [5, 5.41) is 1.85. The third-order valence-electron chi connectivity index (χ3n) is 1.95. The van der Waals surface area contributed by atoms with Gasteiger partial charge in [-0.2, -0.15) is 0 Å². The summed E-state index contributed by atoms with van der Waals surface area (Å²) in [5.41, 5.74) is 11.0. The summed E-state index contributed by atoms with van der Waals surface area (Å²) in [6, 6.07) is 0.352. The van der Waals surface area contributed by atoms with E-state index in [1.807, 2.05) is 5.32 Å². The molecule has 3 amide bonds. The van der Waals surface area contributed by atoms with Gasteiger partial charge in [0.15, 0.2) is 0 Å². The topological polar surface area (TPSA) is 120 Å². The lowest BCUT2D eigenvalue weighted by Crippen LogP contribution is -2.39. The number of anilines is 1. The molecule has 1 aromatic heterocycles. The van der Waals surface area contributed by atoms with Crippen molar-refractivity contribution in [2.75, 3.05) is 5.73 Å². The standard InChI is InChI=1S/C9H12N4O3/c1-5-2-8(15)13(3-6(5)10)4-7(14)12-9(11)16/h2-3H,4,10H2,1H3,(H3,11,12,14,16). The van der Waals surface area contributed by atoms with Gasteiger partial charge in [0.2, 0.25) is 5.91 Å². The van der Waals surface area contributed by atoms with Crippen molar-refractivity contribution in [2.24, 2.45) is 5.73 Å². The lowest BCUT2D eigenvalue weighted by atomic mass is 10.2. The molecule has 0 atom stereocenters. The number of amides is 3. The zero-order valence-electron chi connectivity index (χ0n) is 8.69. The Kier molecular flexibility index (Phi) is 3.29. The van der Waals surface area contributed by atoms with Crippen LogP contribution in [-0.4, -0.2) is 16.5 Å². The van der Waals surface area contributed by atoms with E-state index >= 15 is 0 Å². The number of imide groups is 1. The molecule has 86 valence electrons. The number of nitrogen functional groups attached to an aromatic ring is 1. The second kappa shape index (κ2) is 4.47. The summed E-state index contributed by atoms with van der Waals surface area (Å²) in [7, 11) is 0. The van der Waals surface area contributed by atoms with E-state index in [-0.39, 0.29) is 12.1 Å². The fourth-order valence-corrected chi connectivity index (χ4v) is 1.14. The van der Waals surface area contributed by atoms with Gasteiger partial charge in [-0.05, 0) is 12.5 Å². The van der Waals surface area contributed by atoms with Gasteiger partial charge in [0, 0.05) is 12.3 Å². The monoisotopic (exact) mass is 224 g/mol. The first-order chi connectivity index (χ1) is 7.40. The quantitative estimate of drug-likeness (QED) is 0.592. The van der Waals surface area contributed by atoms with Gasteiger partial charge in [0.25, 0.3) is 5.56 Å². The summed E-state index contributed by atoms with van der Waals surface area (Å²) >= 11 is 0. The first kappa shape index (κ1) is 11.8. The van der Waals surface area contributed by atoms with E-state index in [1.165, 1.54) is 12.3 Å². The Labute approximate surface area is 91.0 Å². The van der Waals surface area contributed by atoms with E-state index < -0.39 is 11.9 Å². The molecular formula is C9H12N4O3. The van der Waals surface area contributed by atoms with Gasteiger partial charge in [-0.1, -0.05) is 0 Å². The van der Waals surface area contributed by atoms with Crippen LogP contribution in [0.15, 0.2) is 17.1 Å². The highest BCUT2D eigenvalue weighted by Gasteiger charge is 2.07. The average molecular weight is 224 g/mol. The maximum atomic E-state index is 11.4. The number of nitrogens with two attached hydrogens (primary N) is 2. The Bertz CT molecular complexity index is 492. The minimum Gasteiger partial charge on any atom is -0.397 e. The lowest BCUT2D eigenvalue weighted by molar-refractivity contribution is -0.120. The molecule has 0 saturated carbocycles. The second-order valence-corrected chi connectivity index (χ2v) is 3.29. The Morgan fingerprint density at radius 2 is 2.12 bits per heavy atom. The molecule has 0 fully saturated rings. The van der Waals surface area contributed by atoms with Crippen LogP contribution in [0.1, 0.15) is 5.56 Å². The minimum atomic E-state index is -0.960. The van der Waals surface area contributed by atoms with Crippen LogP contribution in [0.3, 0.4) is 0 Å². The summed E-state index contributed by atoms with van der Waals surface area (Å²) in [6.45, 7) is 1.39. The van der Waals surface area contributed by atoms with Gasteiger partial charge in [-0.3, -0.25) is 14.9 Å². The average Bonchev–Trinajstić information content (AvgIpc) is 2.12. The number of urea groups is 1. The highest BCUT2D eigenvalue weighted by atomic mass is 16.2. The summed E-state index contributed by atoms with van der Waals surface area (Å²) in [5.74, 6) is -0.669. The maximum Gasteiger partial charge on any atom is 0.318 e. The van der Waals surface area contributed by atoms with Gasteiger partial charge in [0.05, 0.1) is 5.69 Å². The molecule has 7 nitrogen and oxygen atoms in total. The van der Waals surface area contributed by atoms with Crippen LogP contribution < -0.4 is 22.3 Å². The van der Waals surface area contributed by atoms with Gasteiger partial charge >= 0.3 is 6.03 Å². The normalized spacial score (nSPS) is 9.81. The molecule has 0 aliphatic carbocycles. The molecule has 0 aliphatic rings. The number of aryl methyl sites for hydroxylation is 1. The number of hydrogen-bond acceptors (Lipinski definition) is 4. The molecule has 5 N–H and O–H groups in total. The first-order valence-electron chi connectivity index (χ1n) is 4.46. The van der Waals surface area contributed by atoms with Gasteiger partial charge in [0.1, 0.15) is 6.54 Å². The zero-order chi connectivity index (χ0) is 12.3. The Balaban J connectivity index is 2.90. The van der Waals surface area contributed by atoms with E-state index in [2.05, 4.69) is 0 Å². The van der Waals surface area contributed by atoms with E-state index in [1.54, 1.807) is 6.92 Å². The number of hydrogen-bond donors (Lipinski definition) is 3. The van der Waals surface area contributed by atoms with Crippen molar-refractivity contribution in [2.45, 2.75) is 13.5 Å². The summed E-state index contributed by atoms with van der Waals surface area (Å²) in [6.07, 6.45) is 1.35. The van der Waals surface area contributed by atoms with Crippen LogP contribution in [0.25, 0.3) is 0 Å². The van der Waals surface area contributed by atoms with Crippen LogP contribution in [0.5, 0.6) is 0 Å². The highest BCUT2D eigenvalue weighted by Crippen LogP contribution is 2.04. The molecule has 1 heterocycles. The SMILES string of the molecule is Cc1cc(=O)n(CC(=O)NC(N)=O)cc1N. The lowest BCUT2D eigenvalue weighted by Gasteiger charge is -2.07. The van der Waals surface area contributed by atoms with Crippen molar-refractivity contribution in [1.82, 2.24) is 9.88 Å². The Morgan fingerprint density at radius 1 is 1.50 bits per heavy atom. The zero-order valence-corrected chi connectivity index (χ0v) is 8.69. The van der Waals surface area contributed by atoms with Gasteiger partial charge in [-0.15, -0.1) is 0 Å². The van der Waals surface area contributed by atoms with Crippen LogP contribution in [-0.2, 0) is 11.3 Å². The number of aromatic nitrogens is 1. The van der Waals surface area contributed by atoms with Crippen LogP contribution in [0, 0.1) is 6.92 Å². The highest BCUT2D eigenvalue weighted by molar-refractivity contribution is 5.93. The number of rotatable bonds is 2. The second-order valence-electron chi connectivity index (χ2n) is 3.29. The van der Waals surface area contributed by atoms with Crippen molar-refractivity contribution in [3.05, 3.63) is 28.2 Å². The smallest absolute Gasteiger partial charge is 0.318 e. The van der Waals surface area contributed by atoms with E-state index in [9.17, 15) is 14.4 Å². The number of carbonyl (C=O) groups is 2. The number of carbonyl (C=O) groups excluding carboxylic acids is 2. The molecule has 0 spiro atoms. The Hall–Kier alpha value is -2.31. The number of pyridine rings is 1. The summed E-state index contributed by atoms with van der Waals surface area (Å²) in [4.78, 5) is 33.0. The predicted octanol–water partition coefficient (Wildman–Crippen LogP) is -1.07. The largest absolute Gasteiger partial charge is 0.397 e. The number of nitrogens with zero attached hydrogens (tertiary/aromatic N) is 1. The molecule has 0 aromatic carbocycles. The number of primary amides is 1. The van der Waals surface area contributed by atoms with Crippen molar-refractivity contribution in [1.29, 1.82) is 0 Å². The third kappa shape index (κ3) is 2.84. The van der Waals surface area contributed by atoms with Crippen LogP contribution >= 0.6 is 0 Å². The molecule has 1 rings (SSSR count). The van der Waals surface area contributed by atoms with Gasteiger partial charge < -0.3 is 16.0 Å². The van der Waals surface area contributed by atoms with Crippen molar-refractivity contribution < 1.29 is 9.59 Å². The fourth-order valence-electron chi connectivity index (χ4n) is 1.14. The van der Waals surface area contributed by atoms with Crippen LogP contribution in [0.4, 0.5) is 10.5 Å². The molecule has 1 aromatic rings. The fraction of sp³-hybridized carbons (Fsp3) is 0.222. The molecule has 0 unspecified atom stereocenters. The molecular weight excluding hydrogens is 212 g/mol. The maximum absolute atomic E-state index is 11.4.